The summed E-state index contributed by atoms with van der Waals surface area (Å²) in [6.07, 6.45) is 0.488. The Labute approximate surface area is 154 Å². The van der Waals surface area contributed by atoms with Crippen molar-refractivity contribution in [3.8, 4) is 0 Å². The van der Waals surface area contributed by atoms with Crippen molar-refractivity contribution >= 4 is 21.8 Å². The Bertz CT molecular complexity index is 739. The minimum absolute atomic E-state index is 0.0908. The highest BCUT2D eigenvalue weighted by Crippen LogP contribution is 2.20. The smallest absolute Gasteiger partial charge is 0.355 e. The van der Waals surface area contributed by atoms with Gasteiger partial charge in [-0.1, -0.05) is 0 Å². The Balaban J connectivity index is 3.08. The SMILES string of the molecule is CCOC(=O)c1[nH]c(C)c(C(=O)CN(CCCOC)S(=O)(=O)CC)c1C. The first-order valence-corrected chi connectivity index (χ1v) is 10.2. The van der Waals surface area contributed by atoms with Crippen LogP contribution in [0.5, 0.6) is 0 Å². The molecular weight excluding hydrogens is 360 g/mol. The number of H-pyrrole nitrogens is 1. The van der Waals surface area contributed by atoms with Crippen LogP contribution in [0, 0.1) is 13.8 Å². The van der Waals surface area contributed by atoms with E-state index in [9.17, 15) is 18.0 Å². The molecule has 0 fully saturated rings. The second-order valence-electron chi connectivity index (χ2n) is 5.85. The maximum atomic E-state index is 12.8. The van der Waals surface area contributed by atoms with E-state index in [-0.39, 0.29) is 36.9 Å². The number of rotatable bonds is 11. The maximum absolute atomic E-state index is 12.8. The fourth-order valence-electron chi connectivity index (χ4n) is 2.70. The van der Waals surface area contributed by atoms with Crippen LogP contribution in [0.25, 0.3) is 0 Å². The molecule has 9 heteroatoms. The van der Waals surface area contributed by atoms with Gasteiger partial charge < -0.3 is 14.5 Å². The van der Waals surface area contributed by atoms with Gasteiger partial charge in [-0.05, 0) is 39.7 Å². The number of ether oxygens (including phenoxy) is 2. The molecule has 148 valence electrons. The molecular formula is C17H28N2O6S. The largest absolute Gasteiger partial charge is 0.461 e. The number of nitrogens with zero attached hydrogens (tertiary/aromatic N) is 1. The second kappa shape index (κ2) is 9.84. The molecule has 0 aliphatic carbocycles. The molecule has 0 atom stereocenters. The van der Waals surface area contributed by atoms with E-state index in [0.29, 0.717) is 29.8 Å². The van der Waals surface area contributed by atoms with Gasteiger partial charge in [-0.25, -0.2) is 13.2 Å². The zero-order chi connectivity index (χ0) is 19.9. The summed E-state index contributed by atoms with van der Waals surface area (Å²) in [5.41, 5.74) is 1.53. The number of esters is 1. The third-order valence-electron chi connectivity index (χ3n) is 4.03. The lowest BCUT2D eigenvalue weighted by Gasteiger charge is -2.20. The number of Topliss-reactive ketones (excluding diaryl/α,β-unsaturated/α-hetero) is 1. The van der Waals surface area contributed by atoms with Gasteiger partial charge >= 0.3 is 5.97 Å². The number of carbonyl (C=O) groups is 2. The number of carbonyl (C=O) groups excluding carboxylic acids is 2. The van der Waals surface area contributed by atoms with E-state index in [4.69, 9.17) is 9.47 Å². The van der Waals surface area contributed by atoms with Crippen LogP contribution in [0.15, 0.2) is 0 Å². The van der Waals surface area contributed by atoms with Crippen LogP contribution in [-0.2, 0) is 19.5 Å². The molecule has 0 radical (unpaired) electrons. The van der Waals surface area contributed by atoms with Gasteiger partial charge in [0.25, 0.3) is 0 Å². The molecule has 0 spiro atoms. The fourth-order valence-corrected chi connectivity index (χ4v) is 3.79. The van der Waals surface area contributed by atoms with Crippen LogP contribution < -0.4 is 0 Å². The fraction of sp³-hybridized carbons (Fsp3) is 0.647. The van der Waals surface area contributed by atoms with Gasteiger partial charge in [-0.15, -0.1) is 0 Å². The van der Waals surface area contributed by atoms with Crippen molar-refractivity contribution in [2.45, 2.75) is 34.1 Å². The molecule has 0 saturated heterocycles. The van der Waals surface area contributed by atoms with E-state index >= 15 is 0 Å². The molecule has 8 nitrogen and oxygen atoms in total. The molecule has 0 unspecified atom stereocenters. The molecule has 1 aromatic heterocycles. The van der Waals surface area contributed by atoms with Gasteiger partial charge in [-0.3, -0.25) is 4.79 Å². The number of sulfonamides is 1. The molecule has 0 amide bonds. The molecule has 0 bridgehead atoms. The maximum Gasteiger partial charge on any atom is 0.355 e. The molecule has 1 aromatic rings. The summed E-state index contributed by atoms with van der Waals surface area (Å²) in [4.78, 5) is 27.6. The van der Waals surface area contributed by atoms with E-state index in [1.165, 1.54) is 18.3 Å². The van der Waals surface area contributed by atoms with Crippen LogP contribution >= 0.6 is 0 Å². The summed E-state index contributed by atoms with van der Waals surface area (Å²) >= 11 is 0. The predicted molar refractivity (Wildman–Crippen MR) is 98.1 cm³/mol. The van der Waals surface area contributed by atoms with Crippen molar-refractivity contribution in [2.75, 3.05) is 39.2 Å². The zero-order valence-electron chi connectivity index (χ0n) is 16.0. The summed E-state index contributed by atoms with van der Waals surface area (Å²) < 4.78 is 35.7. The average molecular weight is 388 g/mol. The predicted octanol–water partition coefficient (Wildman–Crippen LogP) is 1.68. The number of hydrogen-bond donors (Lipinski definition) is 1. The number of aryl methyl sites for hydroxylation is 1. The van der Waals surface area contributed by atoms with Gasteiger partial charge in [0, 0.05) is 31.5 Å². The van der Waals surface area contributed by atoms with Crippen molar-refractivity contribution in [2.24, 2.45) is 0 Å². The molecule has 1 rings (SSSR count). The minimum Gasteiger partial charge on any atom is -0.461 e. The Morgan fingerprint density at radius 3 is 2.38 bits per heavy atom. The van der Waals surface area contributed by atoms with E-state index < -0.39 is 16.0 Å². The average Bonchev–Trinajstić information content (AvgIpc) is 2.88. The van der Waals surface area contributed by atoms with Crippen LogP contribution in [0.1, 0.15) is 52.4 Å². The topological polar surface area (TPSA) is 106 Å². The summed E-state index contributed by atoms with van der Waals surface area (Å²) in [6, 6.07) is 0. The molecule has 0 aliphatic heterocycles. The Kier molecular flexibility index (Phi) is 8.45. The molecule has 0 aliphatic rings. The van der Waals surface area contributed by atoms with Crippen LogP contribution in [-0.4, -0.2) is 68.6 Å². The van der Waals surface area contributed by atoms with E-state index in [1.54, 1.807) is 20.8 Å². The van der Waals surface area contributed by atoms with Gasteiger partial charge in [0.05, 0.1) is 18.9 Å². The molecule has 0 saturated carbocycles. The first-order valence-electron chi connectivity index (χ1n) is 8.55. The molecule has 1 N–H and O–H groups in total. The molecule has 26 heavy (non-hydrogen) atoms. The van der Waals surface area contributed by atoms with Crippen molar-refractivity contribution < 1.29 is 27.5 Å². The standard InChI is InChI=1S/C17H28N2O6S/c1-6-25-17(21)16-12(3)15(13(4)18-16)14(20)11-19(9-8-10-24-5)26(22,23)7-2/h18H,6-11H2,1-5H3. The van der Waals surface area contributed by atoms with Crippen LogP contribution in [0.4, 0.5) is 0 Å². The lowest BCUT2D eigenvalue weighted by atomic mass is 10.1. The summed E-state index contributed by atoms with van der Waals surface area (Å²) in [7, 11) is -2.00. The number of aromatic amines is 1. The summed E-state index contributed by atoms with van der Waals surface area (Å²) in [5, 5.41) is 0. The summed E-state index contributed by atoms with van der Waals surface area (Å²) in [6.45, 7) is 7.10. The van der Waals surface area contributed by atoms with Gasteiger partial charge in [0.1, 0.15) is 5.69 Å². The van der Waals surface area contributed by atoms with E-state index in [1.807, 2.05) is 0 Å². The number of hydrogen-bond acceptors (Lipinski definition) is 6. The number of aromatic nitrogens is 1. The van der Waals surface area contributed by atoms with Crippen molar-refractivity contribution in [3.05, 3.63) is 22.5 Å². The van der Waals surface area contributed by atoms with Crippen molar-refractivity contribution in [1.29, 1.82) is 0 Å². The Morgan fingerprint density at radius 2 is 1.85 bits per heavy atom. The van der Waals surface area contributed by atoms with Crippen LogP contribution in [0.3, 0.4) is 0 Å². The van der Waals surface area contributed by atoms with Gasteiger partial charge in [0.2, 0.25) is 10.0 Å². The zero-order valence-corrected chi connectivity index (χ0v) is 16.9. The third-order valence-corrected chi connectivity index (χ3v) is 5.86. The number of ketones is 1. The van der Waals surface area contributed by atoms with Crippen molar-refractivity contribution in [3.63, 3.8) is 0 Å². The first kappa shape index (κ1) is 22.3. The summed E-state index contributed by atoms with van der Waals surface area (Å²) in [5.74, 6) is -0.988. The highest BCUT2D eigenvalue weighted by Gasteiger charge is 2.27. The highest BCUT2D eigenvalue weighted by atomic mass is 32.2. The Morgan fingerprint density at radius 1 is 1.19 bits per heavy atom. The van der Waals surface area contributed by atoms with Crippen LogP contribution in [0.2, 0.25) is 0 Å². The second-order valence-corrected chi connectivity index (χ2v) is 8.11. The quantitative estimate of drug-likeness (QED) is 0.351. The monoisotopic (exact) mass is 388 g/mol. The lowest BCUT2D eigenvalue weighted by Crippen LogP contribution is -2.38. The van der Waals surface area contributed by atoms with E-state index in [0.717, 1.165) is 0 Å². The number of methoxy groups -OCH3 is 1. The van der Waals surface area contributed by atoms with Gasteiger partial charge in [-0.2, -0.15) is 4.31 Å². The van der Waals surface area contributed by atoms with Crippen molar-refractivity contribution in [1.82, 2.24) is 9.29 Å². The highest BCUT2D eigenvalue weighted by molar-refractivity contribution is 7.89. The lowest BCUT2D eigenvalue weighted by molar-refractivity contribution is 0.0519. The normalized spacial score (nSPS) is 11.8. The molecule has 0 aromatic carbocycles. The molecule has 1 heterocycles. The number of nitrogens with one attached hydrogen (secondary N) is 1. The Hall–Kier alpha value is -1.71. The first-order chi connectivity index (χ1) is 12.2. The third kappa shape index (κ3) is 5.39. The van der Waals surface area contributed by atoms with E-state index in [2.05, 4.69) is 4.98 Å². The van der Waals surface area contributed by atoms with Gasteiger partial charge in [0.15, 0.2) is 5.78 Å². The minimum atomic E-state index is -3.53.